The molecule has 0 saturated carbocycles. The van der Waals surface area contributed by atoms with Crippen molar-refractivity contribution < 1.29 is 14.5 Å². The lowest BCUT2D eigenvalue weighted by molar-refractivity contribution is -0.384. The molecule has 1 aromatic heterocycles. The van der Waals surface area contributed by atoms with Crippen molar-refractivity contribution in [3.63, 3.8) is 0 Å². The van der Waals surface area contributed by atoms with Crippen LogP contribution in [-0.4, -0.2) is 45.2 Å². The van der Waals surface area contributed by atoms with Crippen LogP contribution < -0.4 is 5.56 Å². The number of hydrogen-bond donors (Lipinski definition) is 0. The number of carbonyl (C=O) groups excluding carboxylic acids is 1. The van der Waals surface area contributed by atoms with Gasteiger partial charge in [-0.05, 0) is 25.8 Å². The van der Waals surface area contributed by atoms with Crippen LogP contribution in [0.4, 0.5) is 10.5 Å². The van der Waals surface area contributed by atoms with Crippen molar-refractivity contribution in [1.82, 2.24) is 14.5 Å². The van der Waals surface area contributed by atoms with E-state index >= 15 is 0 Å². The highest BCUT2D eigenvalue weighted by Crippen LogP contribution is 2.23. The van der Waals surface area contributed by atoms with Crippen LogP contribution in [0.3, 0.4) is 0 Å². The molecule has 2 heterocycles. The average molecular weight is 346 g/mol. The van der Waals surface area contributed by atoms with Gasteiger partial charge in [-0.2, -0.15) is 0 Å². The molecule has 1 fully saturated rings. The Morgan fingerprint density at radius 1 is 1.40 bits per heavy atom. The van der Waals surface area contributed by atoms with Crippen molar-refractivity contribution in [2.75, 3.05) is 19.7 Å². The summed E-state index contributed by atoms with van der Waals surface area (Å²) in [5, 5.41) is 11.1. The van der Waals surface area contributed by atoms with Crippen LogP contribution in [0, 0.1) is 10.1 Å². The predicted octanol–water partition coefficient (Wildman–Crippen LogP) is 2.10. The summed E-state index contributed by atoms with van der Waals surface area (Å²) in [6.45, 7) is 3.06. The summed E-state index contributed by atoms with van der Waals surface area (Å²) >= 11 is 0. The molecule has 25 heavy (non-hydrogen) atoms. The van der Waals surface area contributed by atoms with Gasteiger partial charge in [0.25, 0.3) is 11.2 Å². The molecule has 132 valence electrons. The molecule has 0 spiro atoms. The van der Waals surface area contributed by atoms with E-state index in [-0.39, 0.29) is 28.8 Å². The minimum Gasteiger partial charge on any atom is -0.450 e. The van der Waals surface area contributed by atoms with Gasteiger partial charge in [-0.1, -0.05) is 0 Å². The summed E-state index contributed by atoms with van der Waals surface area (Å²) < 4.78 is 6.49. The number of benzene rings is 1. The van der Waals surface area contributed by atoms with Crippen LogP contribution in [0.1, 0.15) is 25.8 Å². The van der Waals surface area contributed by atoms with E-state index in [1.807, 2.05) is 0 Å². The van der Waals surface area contributed by atoms with Gasteiger partial charge < -0.3 is 9.64 Å². The first-order valence-electron chi connectivity index (χ1n) is 8.08. The number of amides is 1. The normalized spacial score (nSPS) is 15.3. The summed E-state index contributed by atoms with van der Waals surface area (Å²) in [5.74, 6) is 0. The zero-order chi connectivity index (χ0) is 18.0. The molecule has 9 nitrogen and oxygen atoms in total. The Kier molecular flexibility index (Phi) is 4.64. The molecule has 2 aromatic rings. The molecule has 9 heteroatoms. The SMILES string of the molecule is CCOC(=O)N1CCC(n2cnc3ccc([N+](=O)[O-])cc3c2=O)CC1. The standard InChI is InChI=1S/C16H18N4O5/c1-2-25-16(22)18-7-5-11(6-8-18)19-10-17-14-4-3-12(20(23)24)9-13(14)15(19)21/h3-4,9-11H,2,5-8H2,1H3. The van der Waals surface area contributed by atoms with Crippen LogP contribution in [0.25, 0.3) is 10.9 Å². The quantitative estimate of drug-likeness (QED) is 0.622. The third-order valence-corrected chi connectivity index (χ3v) is 4.36. The highest BCUT2D eigenvalue weighted by molar-refractivity contribution is 5.79. The van der Waals surface area contributed by atoms with Gasteiger partial charge in [0.1, 0.15) is 0 Å². The van der Waals surface area contributed by atoms with Gasteiger partial charge in [-0.25, -0.2) is 9.78 Å². The van der Waals surface area contributed by atoms with Crippen molar-refractivity contribution in [2.45, 2.75) is 25.8 Å². The Labute approximate surface area is 143 Å². The van der Waals surface area contributed by atoms with E-state index in [2.05, 4.69) is 4.98 Å². The van der Waals surface area contributed by atoms with Gasteiger partial charge in [-0.3, -0.25) is 19.5 Å². The number of non-ortho nitro benzene ring substituents is 1. The summed E-state index contributed by atoms with van der Waals surface area (Å²) in [7, 11) is 0. The highest BCUT2D eigenvalue weighted by Gasteiger charge is 2.25. The molecule has 1 saturated heterocycles. The second kappa shape index (κ2) is 6.88. The van der Waals surface area contributed by atoms with E-state index in [9.17, 15) is 19.7 Å². The molecular weight excluding hydrogens is 328 g/mol. The van der Waals surface area contributed by atoms with Crippen LogP contribution in [0.15, 0.2) is 29.3 Å². The van der Waals surface area contributed by atoms with E-state index in [0.29, 0.717) is 38.1 Å². The minimum atomic E-state index is -0.534. The van der Waals surface area contributed by atoms with Crippen LogP contribution in [0.5, 0.6) is 0 Å². The lowest BCUT2D eigenvalue weighted by Gasteiger charge is -2.32. The van der Waals surface area contributed by atoms with E-state index in [1.165, 1.54) is 29.1 Å². The minimum absolute atomic E-state index is 0.102. The van der Waals surface area contributed by atoms with Crippen molar-refractivity contribution in [3.8, 4) is 0 Å². The average Bonchev–Trinajstić information content (AvgIpc) is 2.62. The molecule has 0 radical (unpaired) electrons. The Hall–Kier alpha value is -2.97. The van der Waals surface area contributed by atoms with Gasteiger partial charge >= 0.3 is 6.09 Å². The third kappa shape index (κ3) is 3.30. The lowest BCUT2D eigenvalue weighted by Crippen LogP contribution is -2.41. The first-order valence-corrected chi connectivity index (χ1v) is 8.08. The second-order valence-electron chi connectivity index (χ2n) is 5.83. The van der Waals surface area contributed by atoms with E-state index in [0.717, 1.165) is 0 Å². The maximum Gasteiger partial charge on any atom is 0.409 e. The number of fused-ring (bicyclic) bond motifs is 1. The molecule has 0 bridgehead atoms. The monoisotopic (exact) mass is 346 g/mol. The molecule has 0 aliphatic carbocycles. The fourth-order valence-electron chi connectivity index (χ4n) is 3.04. The fraction of sp³-hybridized carbons (Fsp3) is 0.438. The molecular formula is C16H18N4O5. The molecule has 1 amide bonds. The maximum absolute atomic E-state index is 12.7. The van der Waals surface area contributed by atoms with Crippen LogP contribution >= 0.6 is 0 Å². The number of piperidine rings is 1. The van der Waals surface area contributed by atoms with Crippen LogP contribution in [0.2, 0.25) is 0 Å². The Morgan fingerprint density at radius 2 is 2.12 bits per heavy atom. The summed E-state index contributed by atoms with van der Waals surface area (Å²) in [6, 6.07) is 3.96. The van der Waals surface area contributed by atoms with Gasteiger partial charge in [0.2, 0.25) is 0 Å². The second-order valence-corrected chi connectivity index (χ2v) is 5.83. The number of carbonyl (C=O) groups is 1. The van der Waals surface area contributed by atoms with Crippen molar-refractivity contribution >= 4 is 22.7 Å². The van der Waals surface area contributed by atoms with Gasteiger partial charge in [-0.15, -0.1) is 0 Å². The first-order chi connectivity index (χ1) is 12.0. The number of hydrogen-bond acceptors (Lipinski definition) is 6. The molecule has 1 aliphatic rings. The van der Waals surface area contributed by atoms with Crippen LogP contribution in [-0.2, 0) is 4.74 Å². The van der Waals surface area contributed by atoms with Gasteiger partial charge in [0, 0.05) is 31.3 Å². The van der Waals surface area contributed by atoms with E-state index in [1.54, 1.807) is 11.8 Å². The van der Waals surface area contributed by atoms with E-state index < -0.39 is 4.92 Å². The Bertz CT molecular complexity index is 870. The van der Waals surface area contributed by atoms with Gasteiger partial charge in [0.05, 0.1) is 28.8 Å². The molecule has 0 unspecified atom stereocenters. The van der Waals surface area contributed by atoms with E-state index in [4.69, 9.17) is 4.74 Å². The largest absolute Gasteiger partial charge is 0.450 e. The molecule has 0 atom stereocenters. The number of nitro benzene ring substituents is 1. The van der Waals surface area contributed by atoms with Crippen molar-refractivity contribution in [1.29, 1.82) is 0 Å². The third-order valence-electron chi connectivity index (χ3n) is 4.36. The molecule has 1 aliphatic heterocycles. The maximum atomic E-state index is 12.7. The molecule has 0 N–H and O–H groups in total. The number of nitro groups is 1. The smallest absolute Gasteiger partial charge is 0.409 e. The summed E-state index contributed by atoms with van der Waals surface area (Å²) in [6.07, 6.45) is 2.32. The van der Waals surface area contributed by atoms with Crippen molar-refractivity contribution in [3.05, 3.63) is 45.0 Å². The number of rotatable bonds is 3. The summed E-state index contributed by atoms with van der Waals surface area (Å²) in [5.41, 5.74) is -0.0135. The lowest BCUT2D eigenvalue weighted by atomic mass is 10.0. The number of likely N-dealkylation sites (tertiary alicyclic amines) is 1. The zero-order valence-electron chi connectivity index (χ0n) is 13.8. The highest BCUT2D eigenvalue weighted by atomic mass is 16.6. The fourth-order valence-corrected chi connectivity index (χ4v) is 3.04. The summed E-state index contributed by atoms with van der Waals surface area (Å²) in [4.78, 5) is 40.7. The zero-order valence-corrected chi connectivity index (χ0v) is 13.8. The number of ether oxygens (including phenoxy) is 1. The predicted molar refractivity (Wildman–Crippen MR) is 89.5 cm³/mol. The number of nitrogens with zero attached hydrogens (tertiary/aromatic N) is 4. The van der Waals surface area contributed by atoms with Gasteiger partial charge in [0.15, 0.2) is 0 Å². The molecule has 3 rings (SSSR count). The Balaban J connectivity index is 1.85. The Morgan fingerprint density at radius 3 is 2.76 bits per heavy atom. The van der Waals surface area contributed by atoms with Crippen molar-refractivity contribution in [2.24, 2.45) is 0 Å². The molecule has 1 aromatic carbocycles. The number of aromatic nitrogens is 2. The first kappa shape index (κ1) is 16.9. The topological polar surface area (TPSA) is 108 Å².